The molecule has 8 aromatic rings. The van der Waals surface area contributed by atoms with Crippen LogP contribution in [-0.2, 0) is 20.0 Å². The van der Waals surface area contributed by atoms with Gasteiger partial charge in [0.05, 0.1) is 45.1 Å². The zero-order valence-electron chi connectivity index (χ0n) is 37.8. The average Bonchev–Trinajstić information content (AvgIpc) is 3.36. The summed E-state index contributed by atoms with van der Waals surface area (Å²) in [6, 6.07) is 65.1. The first kappa shape index (κ1) is 47.9. The van der Waals surface area contributed by atoms with E-state index in [1.807, 2.05) is 147 Å². The Hall–Kier alpha value is -5.74. The summed E-state index contributed by atoms with van der Waals surface area (Å²) in [5.41, 5.74) is 7.38. The Bertz CT molecular complexity index is 3240. The maximum atomic E-state index is 14.3. The van der Waals surface area contributed by atoms with Crippen molar-refractivity contribution in [1.29, 1.82) is 0 Å². The number of para-hydroxylation sites is 2. The van der Waals surface area contributed by atoms with Crippen molar-refractivity contribution in [1.82, 2.24) is 0 Å². The van der Waals surface area contributed by atoms with Crippen molar-refractivity contribution in [3.05, 3.63) is 249 Å². The van der Waals surface area contributed by atoms with Crippen molar-refractivity contribution >= 4 is 96.5 Å². The molecule has 350 valence electrons. The Morgan fingerprint density at radius 1 is 0.400 bits per heavy atom. The summed E-state index contributed by atoms with van der Waals surface area (Å²) in [6.45, 7) is 3.84. The van der Waals surface area contributed by atoms with Gasteiger partial charge in [-0.1, -0.05) is 198 Å². The molecule has 8 aromatic carbocycles. The van der Waals surface area contributed by atoms with Gasteiger partial charge in [0.15, 0.2) is 0 Å². The molecule has 0 amide bonds. The van der Waals surface area contributed by atoms with Gasteiger partial charge in [0, 0.05) is 18.7 Å². The van der Waals surface area contributed by atoms with Gasteiger partial charge in [0.25, 0.3) is 20.0 Å². The third-order valence-corrected chi connectivity index (χ3v) is 18.6. The molecular formula is C56H44Br2N4O4S4. The minimum absolute atomic E-state index is 0.121. The van der Waals surface area contributed by atoms with Crippen LogP contribution in [0.3, 0.4) is 0 Å². The van der Waals surface area contributed by atoms with Crippen molar-refractivity contribution in [2.45, 2.75) is 57.3 Å². The molecule has 10 rings (SSSR count). The lowest BCUT2D eigenvalue weighted by Crippen LogP contribution is -2.54. The van der Waals surface area contributed by atoms with Crippen molar-refractivity contribution in [2.75, 3.05) is 9.80 Å². The summed E-state index contributed by atoms with van der Waals surface area (Å²) in [5.74, 6) is 0.0576. The number of halogens is 2. The number of anilines is 2. The molecule has 0 N–H and O–H groups in total. The highest BCUT2D eigenvalue weighted by Crippen LogP contribution is 2.57. The topological polar surface area (TPSA) is 99.5 Å². The van der Waals surface area contributed by atoms with E-state index >= 15 is 0 Å². The molecule has 4 unspecified atom stereocenters. The molecule has 70 heavy (non-hydrogen) atoms. The molecule has 2 aliphatic heterocycles. The molecule has 2 saturated heterocycles. The van der Waals surface area contributed by atoms with E-state index in [1.54, 1.807) is 48.5 Å². The number of amidine groups is 2. The first-order valence-corrected chi connectivity index (χ1v) is 29.0. The lowest BCUT2D eigenvalue weighted by atomic mass is 9.77. The summed E-state index contributed by atoms with van der Waals surface area (Å²) < 4.78 is 68.5. The van der Waals surface area contributed by atoms with E-state index in [1.165, 1.54) is 21.6 Å². The van der Waals surface area contributed by atoms with Gasteiger partial charge in [-0.3, -0.25) is 0 Å². The first-order chi connectivity index (χ1) is 33.9. The molecule has 0 aromatic heterocycles. The molecule has 0 saturated carbocycles. The number of hydrogen-bond acceptors (Lipinski definition) is 6. The van der Waals surface area contributed by atoms with Crippen molar-refractivity contribution in [3.63, 3.8) is 0 Å². The van der Waals surface area contributed by atoms with Crippen LogP contribution in [0.15, 0.2) is 244 Å². The second kappa shape index (κ2) is 20.2. The second-order valence-corrected chi connectivity index (χ2v) is 24.3. The average molecular weight is 1130 g/mol. The number of nitrogens with zero attached hydrogens (tertiary/aromatic N) is 4. The molecule has 0 bridgehead atoms. The van der Waals surface area contributed by atoms with Gasteiger partial charge >= 0.3 is 0 Å². The highest BCUT2D eigenvalue weighted by Gasteiger charge is 2.51. The SMILES string of the molecule is Cc1ccc(S(=O)(=O)/N=C2/C(c3ccccc3)C(c3ccc(Br)cc3)N2c2ccccc2SSc2ccccc2N2/C(=N\S(=O)(=O)c3ccc(C)cc3)C(c3ccccc3)C2c2ccc(Br)cc2)cc1. The second-order valence-electron chi connectivity index (χ2n) is 17.1. The summed E-state index contributed by atoms with van der Waals surface area (Å²) in [4.78, 5) is 6.12. The highest BCUT2D eigenvalue weighted by atomic mass is 79.9. The molecule has 4 atom stereocenters. The van der Waals surface area contributed by atoms with Crippen molar-refractivity contribution < 1.29 is 16.8 Å². The van der Waals surface area contributed by atoms with E-state index in [2.05, 4.69) is 65.9 Å². The van der Waals surface area contributed by atoms with Crippen molar-refractivity contribution in [3.8, 4) is 0 Å². The van der Waals surface area contributed by atoms with E-state index in [-0.39, 0.29) is 33.7 Å². The van der Waals surface area contributed by atoms with Gasteiger partial charge < -0.3 is 9.80 Å². The fourth-order valence-corrected chi connectivity index (χ4v) is 14.0. The number of hydrogen-bond donors (Lipinski definition) is 0. The van der Waals surface area contributed by atoms with Crippen LogP contribution < -0.4 is 9.80 Å². The standard InChI is InChI=1S/C56H44Br2N4O4S4/c1-37-21-33-45(34-22-37)69(63,64)59-55-51(39-13-5-3-6-14-39)53(41-25-29-43(57)30-26-41)61(55)47-17-9-11-19-49(47)67-68-50-20-12-10-18-48(50)62-54(42-27-31-44(58)32-28-42)52(40-15-7-4-8-16-40)56(62)60-70(65,66)46-35-23-38(2)24-36-46/h3-36,51-54H,1-2H3/b59-55-,60-56-. The predicted octanol–water partition coefficient (Wildman–Crippen LogP) is 14.9. The van der Waals surface area contributed by atoms with E-state index < -0.39 is 20.0 Å². The van der Waals surface area contributed by atoms with Crippen LogP contribution in [-0.4, -0.2) is 28.5 Å². The number of sulfonamides is 2. The van der Waals surface area contributed by atoms with Crippen LogP contribution in [0.2, 0.25) is 0 Å². The normalized spacial score (nSPS) is 19.2. The Morgan fingerprint density at radius 3 is 1.09 bits per heavy atom. The molecule has 8 nitrogen and oxygen atoms in total. The van der Waals surface area contributed by atoms with Gasteiger partial charge in [0.2, 0.25) is 0 Å². The molecule has 2 fully saturated rings. The van der Waals surface area contributed by atoms with E-state index in [4.69, 9.17) is 8.80 Å². The third-order valence-electron chi connectivity index (χ3n) is 12.5. The van der Waals surface area contributed by atoms with Gasteiger partial charge in [-0.25, -0.2) is 0 Å². The summed E-state index contributed by atoms with van der Waals surface area (Å²) >= 11 is 7.23. The number of benzene rings is 8. The zero-order valence-corrected chi connectivity index (χ0v) is 44.2. The molecule has 2 heterocycles. The van der Waals surface area contributed by atoms with Crippen LogP contribution in [0, 0.1) is 13.8 Å². The number of aryl methyl sites for hydroxylation is 2. The lowest BCUT2D eigenvalue weighted by Gasteiger charge is -2.51. The van der Waals surface area contributed by atoms with Gasteiger partial charge in [0.1, 0.15) is 11.7 Å². The van der Waals surface area contributed by atoms with Crippen LogP contribution >= 0.6 is 53.4 Å². The van der Waals surface area contributed by atoms with E-state index in [9.17, 15) is 16.8 Å². The molecule has 0 aliphatic carbocycles. The smallest absolute Gasteiger partial charge is 0.283 e. The minimum Gasteiger partial charge on any atom is -0.319 e. The van der Waals surface area contributed by atoms with Gasteiger partial charge in [-0.05, 0) is 109 Å². The maximum Gasteiger partial charge on any atom is 0.283 e. The third kappa shape index (κ3) is 9.69. The number of rotatable bonds is 13. The summed E-state index contributed by atoms with van der Waals surface area (Å²) in [5, 5.41) is 0. The highest BCUT2D eigenvalue weighted by molar-refractivity contribution is 9.10. The Labute approximate surface area is 434 Å². The summed E-state index contributed by atoms with van der Waals surface area (Å²) in [7, 11) is -5.20. The lowest BCUT2D eigenvalue weighted by molar-refractivity contribution is 0.563. The summed E-state index contributed by atoms with van der Waals surface area (Å²) in [6.07, 6.45) is 0. The van der Waals surface area contributed by atoms with E-state index in [0.717, 1.165) is 63.5 Å². The molecular weight excluding hydrogens is 1080 g/mol. The van der Waals surface area contributed by atoms with Gasteiger partial charge in [-0.15, -0.1) is 8.80 Å². The van der Waals surface area contributed by atoms with E-state index in [0.29, 0.717) is 11.7 Å². The quantitative estimate of drug-likeness (QED) is 0.105. The van der Waals surface area contributed by atoms with Crippen LogP contribution in [0.5, 0.6) is 0 Å². The molecule has 2 aliphatic rings. The molecule has 14 heteroatoms. The Morgan fingerprint density at radius 2 is 0.729 bits per heavy atom. The zero-order chi connectivity index (χ0) is 48.6. The van der Waals surface area contributed by atoms with Gasteiger partial charge in [-0.2, -0.15) is 16.8 Å². The Balaban J connectivity index is 1.07. The molecule has 0 radical (unpaired) electrons. The largest absolute Gasteiger partial charge is 0.319 e. The monoisotopic (exact) mass is 1120 g/mol. The Kier molecular flexibility index (Phi) is 13.8. The van der Waals surface area contributed by atoms with Crippen LogP contribution in [0.25, 0.3) is 0 Å². The van der Waals surface area contributed by atoms with Crippen LogP contribution in [0.1, 0.15) is 57.3 Å². The maximum absolute atomic E-state index is 14.3. The first-order valence-electron chi connectivity index (χ1n) is 22.4. The van der Waals surface area contributed by atoms with Crippen LogP contribution in [0.4, 0.5) is 11.4 Å². The minimum atomic E-state index is -4.14. The fourth-order valence-electron chi connectivity index (χ4n) is 9.05. The fraction of sp³-hybridized carbons (Fsp3) is 0.107. The predicted molar refractivity (Wildman–Crippen MR) is 293 cm³/mol. The molecule has 0 spiro atoms. The van der Waals surface area contributed by atoms with Crippen molar-refractivity contribution in [2.24, 2.45) is 8.80 Å².